The highest BCUT2D eigenvalue weighted by atomic mass is 32.1. The number of thiophene rings is 1. The fraction of sp³-hybridized carbons (Fsp3) is 0. The Morgan fingerprint density at radius 2 is 0.978 bits per heavy atom. The van der Waals surface area contributed by atoms with E-state index in [0.29, 0.717) is 0 Å². The van der Waals surface area contributed by atoms with Crippen LogP contribution in [0.3, 0.4) is 0 Å². The predicted octanol–water partition coefficient (Wildman–Crippen LogP) is 13.2. The minimum Gasteiger partial charge on any atom is -0.309 e. The molecule has 2 heteroatoms. The highest BCUT2D eigenvalue weighted by Gasteiger charge is 2.21. The van der Waals surface area contributed by atoms with Crippen molar-refractivity contribution in [1.29, 1.82) is 0 Å². The normalized spacial score (nSPS) is 11.5. The number of anilines is 3. The van der Waals surface area contributed by atoms with Gasteiger partial charge in [-0.3, -0.25) is 0 Å². The Morgan fingerprint density at radius 1 is 0.370 bits per heavy atom. The molecule has 0 bridgehead atoms. The van der Waals surface area contributed by atoms with Crippen molar-refractivity contribution in [3.05, 3.63) is 176 Å². The standard InChI is InChI=1S/C44H29NS/c1-2-13-33-29-34(24-23-30(33)11-1)31-25-27-35(28-26-31)45(41-21-9-14-32-12-3-4-15-36(32)41)42-20-7-5-16-37(42)39-18-10-19-40-38-17-6-8-22-43(38)46-44(39)40/h1-29H. The Morgan fingerprint density at radius 3 is 1.87 bits per heavy atom. The van der Waals surface area contributed by atoms with Crippen molar-refractivity contribution < 1.29 is 0 Å². The maximum Gasteiger partial charge on any atom is 0.0540 e. The summed E-state index contributed by atoms with van der Waals surface area (Å²) in [5.74, 6) is 0. The topological polar surface area (TPSA) is 3.24 Å². The molecule has 0 radical (unpaired) electrons. The number of benzene rings is 8. The van der Waals surface area contributed by atoms with E-state index in [4.69, 9.17) is 0 Å². The average Bonchev–Trinajstić information content (AvgIpc) is 3.51. The van der Waals surface area contributed by atoms with Gasteiger partial charge in [0.1, 0.15) is 0 Å². The molecule has 1 aromatic heterocycles. The van der Waals surface area contributed by atoms with E-state index in [1.807, 2.05) is 11.3 Å². The number of nitrogens with zero attached hydrogens (tertiary/aromatic N) is 1. The van der Waals surface area contributed by atoms with Crippen molar-refractivity contribution in [1.82, 2.24) is 0 Å². The summed E-state index contributed by atoms with van der Waals surface area (Å²) in [7, 11) is 0. The first-order chi connectivity index (χ1) is 22.8. The van der Waals surface area contributed by atoms with Crippen LogP contribution in [-0.2, 0) is 0 Å². The van der Waals surface area contributed by atoms with Crippen LogP contribution in [0, 0.1) is 0 Å². The van der Waals surface area contributed by atoms with E-state index in [1.54, 1.807) is 0 Å². The molecule has 0 aliphatic rings. The molecule has 0 atom stereocenters. The molecule has 0 aliphatic carbocycles. The number of rotatable bonds is 5. The van der Waals surface area contributed by atoms with Crippen LogP contribution in [0.2, 0.25) is 0 Å². The second-order valence-electron chi connectivity index (χ2n) is 11.7. The summed E-state index contributed by atoms with van der Waals surface area (Å²) in [5.41, 5.74) is 8.33. The van der Waals surface area contributed by atoms with Crippen LogP contribution in [0.4, 0.5) is 17.1 Å². The van der Waals surface area contributed by atoms with Crippen LogP contribution in [-0.4, -0.2) is 0 Å². The first-order valence-corrected chi connectivity index (χ1v) is 16.5. The third-order valence-corrected chi connectivity index (χ3v) is 10.3. The van der Waals surface area contributed by atoms with Gasteiger partial charge in [-0.15, -0.1) is 11.3 Å². The van der Waals surface area contributed by atoms with E-state index in [1.165, 1.54) is 64.0 Å². The molecule has 46 heavy (non-hydrogen) atoms. The zero-order valence-corrected chi connectivity index (χ0v) is 25.9. The van der Waals surface area contributed by atoms with Gasteiger partial charge in [0.05, 0.1) is 11.4 Å². The molecule has 216 valence electrons. The summed E-state index contributed by atoms with van der Waals surface area (Å²) < 4.78 is 2.64. The van der Waals surface area contributed by atoms with Gasteiger partial charge >= 0.3 is 0 Å². The van der Waals surface area contributed by atoms with Crippen molar-refractivity contribution in [3.63, 3.8) is 0 Å². The van der Waals surface area contributed by atoms with E-state index in [0.717, 1.165) is 17.1 Å². The Kier molecular flexibility index (Phi) is 6.40. The van der Waals surface area contributed by atoms with Gasteiger partial charge in [0, 0.05) is 42.4 Å². The molecule has 9 aromatic rings. The highest BCUT2D eigenvalue weighted by Crippen LogP contribution is 2.47. The fourth-order valence-electron chi connectivity index (χ4n) is 6.84. The van der Waals surface area contributed by atoms with E-state index in [9.17, 15) is 0 Å². The summed E-state index contributed by atoms with van der Waals surface area (Å²) in [6, 6.07) is 64.0. The highest BCUT2D eigenvalue weighted by molar-refractivity contribution is 7.26. The van der Waals surface area contributed by atoms with Crippen molar-refractivity contribution in [2.75, 3.05) is 4.90 Å². The zero-order chi connectivity index (χ0) is 30.5. The van der Waals surface area contributed by atoms with Crippen molar-refractivity contribution in [3.8, 4) is 22.3 Å². The maximum atomic E-state index is 2.44. The molecule has 0 amide bonds. The largest absolute Gasteiger partial charge is 0.309 e. The minimum atomic E-state index is 1.12. The molecule has 0 saturated carbocycles. The molecule has 0 saturated heterocycles. The number of hydrogen-bond donors (Lipinski definition) is 0. The molecule has 1 heterocycles. The van der Waals surface area contributed by atoms with Gasteiger partial charge in [-0.2, -0.15) is 0 Å². The lowest BCUT2D eigenvalue weighted by Gasteiger charge is -2.29. The van der Waals surface area contributed by atoms with E-state index in [-0.39, 0.29) is 0 Å². The van der Waals surface area contributed by atoms with Crippen molar-refractivity contribution in [2.45, 2.75) is 0 Å². The second kappa shape index (κ2) is 11.0. The molecular formula is C44H29NS. The SMILES string of the molecule is c1ccc(N(c2ccc(-c3ccc4ccccc4c3)cc2)c2cccc3ccccc23)c(-c2cccc3c2sc2ccccc23)c1. The molecule has 0 N–H and O–H groups in total. The Bertz CT molecular complexity index is 2530. The van der Waals surface area contributed by atoms with Crippen molar-refractivity contribution in [2.24, 2.45) is 0 Å². The molecule has 0 fully saturated rings. The van der Waals surface area contributed by atoms with Crippen LogP contribution in [0.5, 0.6) is 0 Å². The number of hydrogen-bond acceptors (Lipinski definition) is 2. The van der Waals surface area contributed by atoms with E-state index >= 15 is 0 Å². The molecule has 0 unspecified atom stereocenters. The first kappa shape index (κ1) is 26.7. The van der Waals surface area contributed by atoms with Crippen LogP contribution < -0.4 is 4.90 Å². The lowest BCUT2D eigenvalue weighted by Crippen LogP contribution is -2.11. The molecular weight excluding hydrogens is 575 g/mol. The molecule has 1 nitrogen and oxygen atoms in total. The van der Waals surface area contributed by atoms with Gasteiger partial charge in [-0.1, -0.05) is 140 Å². The lowest BCUT2D eigenvalue weighted by atomic mass is 9.98. The first-order valence-electron chi connectivity index (χ1n) is 15.7. The second-order valence-corrected chi connectivity index (χ2v) is 12.8. The monoisotopic (exact) mass is 603 g/mol. The molecule has 8 aromatic carbocycles. The van der Waals surface area contributed by atoms with Gasteiger partial charge in [-0.25, -0.2) is 0 Å². The summed E-state index contributed by atoms with van der Waals surface area (Å²) in [6.45, 7) is 0. The third-order valence-electron chi connectivity index (χ3n) is 9.06. The third kappa shape index (κ3) is 4.46. The lowest BCUT2D eigenvalue weighted by molar-refractivity contribution is 1.30. The summed E-state index contributed by atoms with van der Waals surface area (Å²) in [4.78, 5) is 2.44. The van der Waals surface area contributed by atoms with E-state index in [2.05, 4.69) is 181 Å². The van der Waals surface area contributed by atoms with Crippen LogP contribution in [0.15, 0.2) is 176 Å². The maximum absolute atomic E-state index is 2.44. The summed E-state index contributed by atoms with van der Waals surface area (Å²) >= 11 is 1.88. The minimum absolute atomic E-state index is 1.12. The van der Waals surface area contributed by atoms with Gasteiger partial charge in [-0.05, 0) is 63.7 Å². The molecule has 0 spiro atoms. The molecule has 0 aliphatic heterocycles. The predicted molar refractivity (Wildman–Crippen MR) is 200 cm³/mol. The Balaban J connectivity index is 1.25. The molecule has 9 rings (SSSR count). The summed E-state index contributed by atoms with van der Waals surface area (Å²) in [5, 5.41) is 7.59. The van der Waals surface area contributed by atoms with Crippen LogP contribution >= 0.6 is 11.3 Å². The Hall–Kier alpha value is -5.70. The average molecular weight is 604 g/mol. The van der Waals surface area contributed by atoms with Gasteiger partial charge in [0.25, 0.3) is 0 Å². The summed E-state index contributed by atoms with van der Waals surface area (Å²) in [6.07, 6.45) is 0. The van der Waals surface area contributed by atoms with Crippen LogP contribution in [0.1, 0.15) is 0 Å². The number of para-hydroxylation sites is 1. The van der Waals surface area contributed by atoms with Gasteiger partial charge < -0.3 is 4.90 Å². The van der Waals surface area contributed by atoms with Gasteiger partial charge in [0.2, 0.25) is 0 Å². The van der Waals surface area contributed by atoms with Crippen molar-refractivity contribution >= 4 is 70.1 Å². The van der Waals surface area contributed by atoms with Crippen LogP contribution in [0.25, 0.3) is 64.0 Å². The Labute approximate surface area is 272 Å². The van der Waals surface area contributed by atoms with E-state index < -0.39 is 0 Å². The smallest absolute Gasteiger partial charge is 0.0540 e. The zero-order valence-electron chi connectivity index (χ0n) is 25.1. The fourth-order valence-corrected chi connectivity index (χ4v) is 8.07. The number of fused-ring (bicyclic) bond motifs is 5. The quantitative estimate of drug-likeness (QED) is 0.189. The van der Waals surface area contributed by atoms with Gasteiger partial charge in [0.15, 0.2) is 0 Å².